The van der Waals surface area contributed by atoms with Gasteiger partial charge in [-0.1, -0.05) is 12.1 Å². The van der Waals surface area contributed by atoms with Gasteiger partial charge in [0.25, 0.3) is 0 Å². The van der Waals surface area contributed by atoms with Crippen molar-refractivity contribution >= 4 is 23.7 Å². The zero-order chi connectivity index (χ0) is 21.0. The van der Waals surface area contributed by atoms with Gasteiger partial charge in [0.15, 0.2) is 0 Å². The number of nitrogens with two attached hydrogens (primary N) is 1. The van der Waals surface area contributed by atoms with Crippen molar-refractivity contribution in [3.8, 4) is 0 Å². The highest BCUT2D eigenvalue weighted by Crippen LogP contribution is 2.39. The predicted octanol–water partition coefficient (Wildman–Crippen LogP) is 1.94. The number of dihydropyridines is 1. The number of hydrogen-bond acceptors (Lipinski definition) is 7. The Hall–Kier alpha value is -3.69. The molecule has 0 bridgehead atoms. The first-order valence-corrected chi connectivity index (χ1v) is 8.14. The van der Waals surface area contributed by atoms with Crippen LogP contribution in [0.2, 0.25) is 0 Å². The second-order valence-electron chi connectivity index (χ2n) is 5.92. The van der Waals surface area contributed by atoms with Crippen molar-refractivity contribution in [1.29, 1.82) is 0 Å². The summed E-state index contributed by atoms with van der Waals surface area (Å²) in [7, 11) is 2.45. The van der Waals surface area contributed by atoms with E-state index in [0.29, 0.717) is 17.0 Å². The summed E-state index contributed by atoms with van der Waals surface area (Å²) in [5, 5.41) is 18.1. The molecule has 10 heteroatoms. The van der Waals surface area contributed by atoms with Crippen molar-refractivity contribution in [2.24, 2.45) is 10.8 Å². The minimum atomic E-state index is -1.15. The van der Waals surface area contributed by atoms with Gasteiger partial charge in [-0.15, -0.1) is 0 Å². The summed E-state index contributed by atoms with van der Waals surface area (Å²) < 4.78 is 9.75. The SMILES string of the molecule is COC(=O)C1=C(C)NC(C)=C(C(=O)OC)C1c1cccc(/[N+]([O-])=N/C(N)=O)c1. The van der Waals surface area contributed by atoms with E-state index in [1.165, 1.54) is 32.4 Å². The van der Waals surface area contributed by atoms with Crippen LogP contribution >= 0.6 is 0 Å². The first-order chi connectivity index (χ1) is 13.2. The Morgan fingerprint density at radius 3 is 2.11 bits per heavy atom. The molecule has 3 N–H and O–H groups in total. The summed E-state index contributed by atoms with van der Waals surface area (Å²) in [5.74, 6) is -2.15. The van der Waals surface area contributed by atoms with Crippen LogP contribution in [0.4, 0.5) is 10.5 Å². The second kappa shape index (κ2) is 8.33. The van der Waals surface area contributed by atoms with Gasteiger partial charge in [-0.05, 0) is 24.3 Å². The van der Waals surface area contributed by atoms with E-state index in [9.17, 15) is 19.6 Å². The molecule has 28 heavy (non-hydrogen) atoms. The van der Waals surface area contributed by atoms with Crippen molar-refractivity contribution in [3.63, 3.8) is 0 Å². The molecule has 0 aliphatic carbocycles. The van der Waals surface area contributed by atoms with Gasteiger partial charge < -0.3 is 25.7 Å². The van der Waals surface area contributed by atoms with Crippen LogP contribution in [0.25, 0.3) is 0 Å². The molecule has 1 aromatic rings. The molecular weight excluding hydrogens is 368 g/mol. The lowest BCUT2D eigenvalue weighted by Gasteiger charge is -2.30. The lowest BCUT2D eigenvalue weighted by Crippen LogP contribution is -2.32. The number of urea groups is 1. The van der Waals surface area contributed by atoms with Crippen LogP contribution in [0.15, 0.2) is 51.9 Å². The smallest absolute Gasteiger partial charge is 0.399 e. The molecule has 1 heterocycles. The number of nitrogens with zero attached hydrogens (tertiary/aromatic N) is 2. The molecule has 148 valence electrons. The van der Waals surface area contributed by atoms with E-state index >= 15 is 0 Å². The zero-order valence-electron chi connectivity index (χ0n) is 15.8. The van der Waals surface area contributed by atoms with Crippen LogP contribution in [-0.2, 0) is 19.1 Å². The minimum Gasteiger partial charge on any atom is -0.594 e. The van der Waals surface area contributed by atoms with E-state index in [1.807, 2.05) is 0 Å². The van der Waals surface area contributed by atoms with E-state index in [0.717, 1.165) is 0 Å². The van der Waals surface area contributed by atoms with Crippen LogP contribution in [0.5, 0.6) is 0 Å². The van der Waals surface area contributed by atoms with Crippen LogP contribution in [-0.4, -0.2) is 37.0 Å². The van der Waals surface area contributed by atoms with Crippen LogP contribution in [0.1, 0.15) is 25.3 Å². The van der Waals surface area contributed by atoms with Crippen LogP contribution < -0.4 is 11.1 Å². The fourth-order valence-corrected chi connectivity index (χ4v) is 3.06. The number of benzene rings is 1. The number of amides is 2. The normalized spacial score (nSPS) is 15.2. The third-order valence-electron chi connectivity index (χ3n) is 4.18. The summed E-state index contributed by atoms with van der Waals surface area (Å²) in [6, 6.07) is 4.82. The lowest BCUT2D eigenvalue weighted by atomic mass is 9.80. The molecule has 0 radical (unpaired) electrons. The molecule has 1 aliphatic rings. The predicted molar refractivity (Wildman–Crippen MR) is 97.0 cm³/mol. The number of methoxy groups -OCH3 is 2. The van der Waals surface area contributed by atoms with Gasteiger partial charge in [0.05, 0.1) is 36.4 Å². The van der Waals surface area contributed by atoms with E-state index in [-0.39, 0.29) is 21.7 Å². The number of carbonyl (C=O) groups is 3. The lowest BCUT2D eigenvalue weighted by molar-refractivity contribution is -0.434. The Morgan fingerprint density at radius 1 is 1.11 bits per heavy atom. The Kier molecular flexibility index (Phi) is 6.14. The number of ether oxygens (including phenoxy) is 2. The van der Waals surface area contributed by atoms with Gasteiger partial charge in [0.1, 0.15) is 0 Å². The third kappa shape index (κ3) is 4.00. The summed E-state index contributed by atoms with van der Waals surface area (Å²) in [6.45, 7) is 3.34. The Balaban J connectivity index is 2.71. The van der Waals surface area contributed by atoms with Crippen LogP contribution in [0, 0.1) is 5.21 Å². The molecule has 1 aliphatic heterocycles. The molecule has 0 fully saturated rings. The summed E-state index contributed by atoms with van der Waals surface area (Å²) in [6.07, 6.45) is 0. The maximum atomic E-state index is 12.4. The number of azo groups is 1. The van der Waals surface area contributed by atoms with Gasteiger partial charge in [0, 0.05) is 23.5 Å². The van der Waals surface area contributed by atoms with Gasteiger partial charge >= 0.3 is 18.0 Å². The maximum Gasteiger partial charge on any atom is 0.399 e. The summed E-state index contributed by atoms with van der Waals surface area (Å²) in [4.78, 5) is 35.8. The molecule has 0 atom stereocenters. The molecule has 1 aromatic carbocycles. The summed E-state index contributed by atoms with van der Waals surface area (Å²) in [5.41, 5.74) is 6.71. The Labute approximate surface area is 160 Å². The van der Waals surface area contributed by atoms with Crippen molar-refractivity contribution in [2.75, 3.05) is 14.2 Å². The highest BCUT2D eigenvalue weighted by atomic mass is 16.5. The van der Waals surface area contributed by atoms with Crippen LogP contribution in [0.3, 0.4) is 0 Å². The first kappa shape index (κ1) is 20.6. The molecule has 2 rings (SSSR count). The fourth-order valence-electron chi connectivity index (χ4n) is 3.06. The van der Waals surface area contributed by atoms with E-state index in [4.69, 9.17) is 15.2 Å². The Morgan fingerprint density at radius 2 is 1.64 bits per heavy atom. The van der Waals surface area contributed by atoms with Gasteiger partial charge in [0.2, 0.25) is 5.69 Å². The number of rotatable bonds is 4. The van der Waals surface area contributed by atoms with Crippen molar-refractivity contribution in [3.05, 3.63) is 57.6 Å². The monoisotopic (exact) mass is 388 g/mol. The van der Waals surface area contributed by atoms with Crippen molar-refractivity contribution < 1.29 is 28.7 Å². The number of hydrogen-bond donors (Lipinski definition) is 2. The first-order valence-electron chi connectivity index (χ1n) is 8.14. The fraction of sp³-hybridized carbons (Fsp3) is 0.278. The quantitative estimate of drug-likeness (QED) is 0.347. The number of esters is 2. The number of carbonyl (C=O) groups excluding carboxylic acids is 3. The number of allylic oxidation sites excluding steroid dienone is 2. The average Bonchev–Trinajstić information content (AvgIpc) is 2.65. The van der Waals surface area contributed by atoms with Crippen molar-refractivity contribution in [2.45, 2.75) is 19.8 Å². The van der Waals surface area contributed by atoms with Crippen molar-refractivity contribution in [1.82, 2.24) is 5.32 Å². The standard InChI is InChI=1S/C18H20N4O6/c1-9-13(16(23)27-3)15(14(10(2)20-9)17(24)28-4)11-6-5-7-12(8-11)22(26)21-18(19)25/h5-8,15,20H,1-4H3,(H2,19,25)/b22-21-. The van der Waals surface area contributed by atoms with Gasteiger partial charge in [-0.2, -0.15) is 0 Å². The zero-order valence-corrected chi connectivity index (χ0v) is 15.8. The maximum absolute atomic E-state index is 12.4. The molecule has 0 saturated heterocycles. The number of nitrogens with one attached hydrogen (secondary N) is 1. The number of primary amides is 1. The molecule has 10 nitrogen and oxygen atoms in total. The minimum absolute atomic E-state index is 0.00132. The van der Waals surface area contributed by atoms with E-state index in [2.05, 4.69) is 10.4 Å². The topological polar surface area (TPSA) is 146 Å². The Bertz CT molecular complexity index is 894. The second-order valence-corrected chi connectivity index (χ2v) is 5.92. The molecular formula is C18H20N4O6. The molecule has 0 aromatic heterocycles. The highest BCUT2D eigenvalue weighted by Gasteiger charge is 2.38. The molecule has 0 saturated carbocycles. The van der Waals surface area contributed by atoms with Gasteiger partial charge in [-0.3, -0.25) is 0 Å². The largest absolute Gasteiger partial charge is 0.594 e. The highest BCUT2D eigenvalue weighted by molar-refractivity contribution is 5.99. The third-order valence-corrected chi connectivity index (χ3v) is 4.18. The average molecular weight is 388 g/mol. The molecule has 0 unspecified atom stereocenters. The summed E-state index contributed by atoms with van der Waals surface area (Å²) >= 11 is 0. The molecule has 2 amide bonds. The molecule has 0 spiro atoms. The van der Waals surface area contributed by atoms with E-state index in [1.54, 1.807) is 19.9 Å². The van der Waals surface area contributed by atoms with Gasteiger partial charge in [-0.25, -0.2) is 14.4 Å². The van der Waals surface area contributed by atoms with E-state index < -0.39 is 23.9 Å².